The van der Waals surface area contributed by atoms with Gasteiger partial charge in [0.2, 0.25) is 6.79 Å². The maximum Gasteiger partial charge on any atom is 0.305 e. The van der Waals surface area contributed by atoms with Crippen LogP contribution in [0.15, 0.2) is 29.6 Å². The summed E-state index contributed by atoms with van der Waals surface area (Å²) in [4.78, 5) is 16.6. The summed E-state index contributed by atoms with van der Waals surface area (Å²) in [5, 5.41) is 11.0. The molecule has 22 heavy (non-hydrogen) atoms. The van der Waals surface area contributed by atoms with Gasteiger partial charge in [-0.3, -0.25) is 4.79 Å². The van der Waals surface area contributed by atoms with Crippen LogP contribution >= 0.6 is 11.3 Å². The summed E-state index contributed by atoms with van der Waals surface area (Å²) in [6.07, 6.45) is 0.0400. The molecule has 0 aliphatic carbocycles. The molecule has 2 aromatic heterocycles. The fourth-order valence-corrected chi connectivity index (χ4v) is 3.26. The Balaban J connectivity index is 1.90. The van der Waals surface area contributed by atoms with E-state index in [0.29, 0.717) is 18.0 Å². The molecule has 6 nitrogen and oxygen atoms in total. The molecule has 0 atom stereocenters. The molecule has 1 aliphatic rings. The maximum atomic E-state index is 10.9. The molecule has 0 spiro atoms. The van der Waals surface area contributed by atoms with Crippen molar-refractivity contribution in [2.45, 2.75) is 13.0 Å². The van der Waals surface area contributed by atoms with Gasteiger partial charge in [0.25, 0.3) is 0 Å². The fraction of sp³-hybridized carbons (Fsp3) is 0.200. The number of ether oxygens (including phenoxy) is 2. The van der Waals surface area contributed by atoms with E-state index in [1.54, 1.807) is 11.3 Å². The monoisotopic (exact) mass is 316 g/mol. The number of nitrogens with zero attached hydrogens (tertiary/aromatic N) is 2. The van der Waals surface area contributed by atoms with Crippen LogP contribution in [0.3, 0.4) is 0 Å². The second-order valence-corrected chi connectivity index (χ2v) is 5.85. The molecule has 0 saturated carbocycles. The lowest BCUT2D eigenvalue weighted by Gasteiger charge is -2.06. The molecule has 7 heteroatoms. The van der Waals surface area contributed by atoms with Crippen molar-refractivity contribution in [3.05, 3.63) is 29.6 Å². The van der Waals surface area contributed by atoms with Gasteiger partial charge in [-0.05, 0) is 11.4 Å². The van der Waals surface area contributed by atoms with Crippen LogP contribution in [0.2, 0.25) is 0 Å². The highest BCUT2D eigenvalue weighted by atomic mass is 32.1. The van der Waals surface area contributed by atoms with Gasteiger partial charge in [-0.2, -0.15) is 0 Å². The Bertz CT molecular complexity index is 854. The summed E-state index contributed by atoms with van der Waals surface area (Å²) in [6, 6.07) is 7.63. The minimum Gasteiger partial charge on any atom is -0.481 e. The third-order valence-electron chi connectivity index (χ3n) is 3.53. The average Bonchev–Trinajstić information content (AvgIpc) is 3.21. The summed E-state index contributed by atoms with van der Waals surface area (Å²) in [7, 11) is 0. The summed E-state index contributed by atoms with van der Waals surface area (Å²) in [5.41, 5.74) is 1.63. The van der Waals surface area contributed by atoms with Gasteiger partial charge in [0, 0.05) is 18.7 Å². The lowest BCUT2D eigenvalue weighted by molar-refractivity contribution is -0.137. The number of aromatic nitrogens is 2. The van der Waals surface area contributed by atoms with Crippen LogP contribution in [0, 0.1) is 0 Å². The predicted octanol–water partition coefficient (Wildman–Crippen LogP) is 2.97. The van der Waals surface area contributed by atoms with E-state index in [2.05, 4.69) is 4.98 Å². The average molecular weight is 316 g/mol. The number of hydrogen-bond acceptors (Lipinski definition) is 5. The number of aryl methyl sites for hydroxylation is 1. The standard InChI is InChI=1S/C15H12N2O4S/c18-14(19)3-4-17-10-7-12-11(20-8-21-12)6-9(10)16-15(17)13-2-1-5-22-13/h1-2,5-7H,3-4,8H2,(H,18,19). The van der Waals surface area contributed by atoms with Crippen LogP contribution < -0.4 is 9.47 Å². The zero-order valence-electron chi connectivity index (χ0n) is 11.5. The van der Waals surface area contributed by atoms with Gasteiger partial charge in [-0.15, -0.1) is 11.3 Å². The molecule has 4 rings (SSSR count). The van der Waals surface area contributed by atoms with E-state index in [1.807, 2.05) is 34.2 Å². The van der Waals surface area contributed by atoms with Crippen molar-refractivity contribution < 1.29 is 19.4 Å². The number of imidazole rings is 1. The van der Waals surface area contributed by atoms with Crippen LogP contribution in [0.25, 0.3) is 21.7 Å². The minimum absolute atomic E-state index is 0.0400. The van der Waals surface area contributed by atoms with Crippen LogP contribution in [0.4, 0.5) is 0 Å². The Morgan fingerprint density at radius 3 is 2.91 bits per heavy atom. The molecule has 1 N–H and O–H groups in total. The van der Waals surface area contributed by atoms with Crippen molar-refractivity contribution in [3.63, 3.8) is 0 Å². The van der Waals surface area contributed by atoms with Crippen molar-refractivity contribution in [1.29, 1.82) is 0 Å². The predicted molar refractivity (Wildman–Crippen MR) is 81.4 cm³/mol. The highest BCUT2D eigenvalue weighted by Crippen LogP contribution is 2.38. The Labute approximate surface area is 129 Å². The van der Waals surface area contributed by atoms with Gasteiger partial charge in [0.15, 0.2) is 17.3 Å². The Kier molecular flexibility index (Phi) is 3.00. The molecule has 0 amide bonds. The summed E-state index contributed by atoms with van der Waals surface area (Å²) >= 11 is 1.57. The quantitative estimate of drug-likeness (QED) is 0.801. The molecule has 3 aromatic rings. The third kappa shape index (κ3) is 2.10. The largest absolute Gasteiger partial charge is 0.481 e. The molecular formula is C15H12N2O4S. The molecule has 0 radical (unpaired) electrons. The number of hydrogen-bond donors (Lipinski definition) is 1. The Morgan fingerprint density at radius 2 is 2.18 bits per heavy atom. The lowest BCUT2D eigenvalue weighted by atomic mass is 10.2. The van der Waals surface area contributed by atoms with Gasteiger partial charge in [0.1, 0.15) is 0 Å². The van der Waals surface area contributed by atoms with Crippen molar-refractivity contribution >= 4 is 28.3 Å². The van der Waals surface area contributed by atoms with Crippen LogP contribution in [0.1, 0.15) is 6.42 Å². The number of carboxylic acids is 1. The van der Waals surface area contributed by atoms with Crippen LogP contribution in [0.5, 0.6) is 11.5 Å². The summed E-state index contributed by atoms with van der Waals surface area (Å²) in [6.45, 7) is 0.563. The molecule has 112 valence electrons. The first-order chi connectivity index (χ1) is 10.7. The normalized spacial score (nSPS) is 12.9. The first kappa shape index (κ1) is 13.1. The number of aliphatic carboxylic acids is 1. The van der Waals surface area contributed by atoms with Crippen LogP contribution in [-0.4, -0.2) is 27.4 Å². The van der Waals surface area contributed by atoms with E-state index in [-0.39, 0.29) is 13.2 Å². The molecule has 0 fully saturated rings. The first-order valence-corrected chi connectivity index (χ1v) is 7.66. The number of benzene rings is 1. The Hall–Kier alpha value is -2.54. The van der Waals surface area contributed by atoms with Crippen LogP contribution in [-0.2, 0) is 11.3 Å². The van der Waals surface area contributed by atoms with E-state index >= 15 is 0 Å². The molecule has 0 unspecified atom stereocenters. The van der Waals surface area contributed by atoms with Gasteiger partial charge in [-0.1, -0.05) is 6.07 Å². The van der Waals surface area contributed by atoms with E-state index in [4.69, 9.17) is 14.6 Å². The second kappa shape index (κ2) is 5.03. The summed E-state index contributed by atoms with van der Waals surface area (Å²) in [5.74, 6) is 1.28. The van der Waals surface area contributed by atoms with E-state index < -0.39 is 5.97 Å². The summed E-state index contributed by atoms with van der Waals surface area (Å²) < 4.78 is 12.7. The number of rotatable bonds is 4. The highest BCUT2D eigenvalue weighted by molar-refractivity contribution is 7.13. The number of fused-ring (bicyclic) bond motifs is 2. The van der Waals surface area contributed by atoms with Gasteiger partial charge in [-0.25, -0.2) is 4.98 Å². The van der Waals surface area contributed by atoms with Crippen molar-refractivity contribution in [1.82, 2.24) is 9.55 Å². The molecular weight excluding hydrogens is 304 g/mol. The van der Waals surface area contributed by atoms with Crippen molar-refractivity contribution in [2.24, 2.45) is 0 Å². The molecule has 1 aromatic carbocycles. The first-order valence-electron chi connectivity index (χ1n) is 6.78. The van der Waals surface area contributed by atoms with E-state index in [0.717, 1.165) is 21.7 Å². The zero-order valence-corrected chi connectivity index (χ0v) is 12.3. The van der Waals surface area contributed by atoms with E-state index in [9.17, 15) is 4.79 Å². The fourth-order valence-electron chi connectivity index (χ4n) is 2.54. The lowest BCUT2D eigenvalue weighted by Crippen LogP contribution is -2.05. The van der Waals surface area contributed by atoms with Crippen molar-refractivity contribution in [2.75, 3.05) is 6.79 Å². The maximum absolute atomic E-state index is 10.9. The topological polar surface area (TPSA) is 73.6 Å². The molecule has 0 bridgehead atoms. The van der Waals surface area contributed by atoms with Gasteiger partial charge >= 0.3 is 5.97 Å². The van der Waals surface area contributed by atoms with Gasteiger partial charge in [0.05, 0.1) is 22.3 Å². The minimum atomic E-state index is -0.834. The Morgan fingerprint density at radius 1 is 1.36 bits per heavy atom. The number of thiophene rings is 1. The highest BCUT2D eigenvalue weighted by Gasteiger charge is 2.20. The number of carboxylic acid groups (broad SMARTS) is 1. The molecule has 3 heterocycles. The smallest absolute Gasteiger partial charge is 0.305 e. The SMILES string of the molecule is O=C(O)CCn1c(-c2cccs2)nc2cc3c(cc21)OCO3. The van der Waals surface area contributed by atoms with Gasteiger partial charge < -0.3 is 19.1 Å². The zero-order chi connectivity index (χ0) is 15.1. The van der Waals surface area contributed by atoms with Crippen molar-refractivity contribution in [3.8, 4) is 22.2 Å². The number of carbonyl (C=O) groups is 1. The second-order valence-electron chi connectivity index (χ2n) is 4.90. The molecule has 0 saturated heterocycles. The molecule has 1 aliphatic heterocycles. The third-order valence-corrected chi connectivity index (χ3v) is 4.40. The van der Waals surface area contributed by atoms with E-state index in [1.165, 1.54) is 0 Å².